The van der Waals surface area contributed by atoms with Crippen LogP contribution in [0.5, 0.6) is 0 Å². The third-order valence-corrected chi connectivity index (χ3v) is 7.83. The van der Waals surface area contributed by atoms with Crippen molar-refractivity contribution in [3.8, 4) is 22.3 Å². The van der Waals surface area contributed by atoms with E-state index in [9.17, 15) is 0 Å². The van der Waals surface area contributed by atoms with Crippen molar-refractivity contribution in [3.63, 3.8) is 0 Å². The third kappa shape index (κ3) is 4.13. The van der Waals surface area contributed by atoms with Crippen molar-refractivity contribution in [3.05, 3.63) is 133 Å². The van der Waals surface area contributed by atoms with E-state index in [-0.39, 0.29) is 5.54 Å². The van der Waals surface area contributed by atoms with Gasteiger partial charge in [0.15, 0.2) is 0 Å². The monoisotopic (exact) mass is 516 g/mol. The molecule has 0 fully saturated rings. The molecule has 1 N–H and O–H groups in total. The number of rotatable bonds is 4. The Morgan fingerprint density at radius 1 is 0.500 bits per heavy atom. The minimum atomic E-state index is -0.0237. The van der Waals surface area contributed by atoms with Crippen LogP contribution in [-0.2, 0) is 5.54 Å². The van der Waals surface area contributed by atoms with Crippen LogP contribution in [0.2, 0.25) is 0 Å². The summed E-state index contributed by atoms with van der Waals surface area (Å²) in [6, 6.07) is 48.0. The summed E-state index contributed by atoms with van der Waals surface area (Å²) in [5.41, 5.74) is 9.58. The number of nitrogens with zero attached hydrogens (tertiary/aromatic N) is 1. The first kappa shape index (κ1) is 24.2. The van der Waals surface area contributed by atoms with E-state index in [1.165, 1.54) is 54.8 Å². The molecule has 2 nitrogen and oxygen atoms in total. The molecule has 0 radical (unpaired) electrons. The van der Waals surface area contributed by atoms with Gasteiger partial charge in [0.25, 0.3) is 0 Å². The Hall–Kier alpha value is -4.82. The van der Waals surface area contributed by atoms with Crippen LogP contribution in [0.15, 0.2) is 133 Å². The van der Waals surface area contributed by atoms with E-state index in [1.807, 2.05) is 0 Å². The molecule has 0 bridgehead atoms. The van der Waals surface area contributed by atoms with Crippen molar-refractivity contribution in [2.24, 2.45) is 0 Å². The summed E-state index contributed by atoms with van der Waals surface area (Å²) >= 11 is 0. The standard InChI is InChI=1S/C38H32N2/c1-38(2,3)40-35-16-10-9-15-32(35)33-23-19-29(25-36(33)40)26-17-21-30(22-18-26)39-34-24-20-27-11-7-8-14-31(27)37(34)28-12-5-4-6-13-28/h4-25,39H,1-3H3. The lowest BCUT2D eigenvalue weighted by Crippen LogP contribution is -2.21. The highest BCUT2D eigenvalue weighted by Crippen LogP contribution is 2.39. The van der Waals surface area contributed by atoms with E-state index >= 15 is 0 Å². The molecule has 194 valence electrons. The van der Waals surface area contributed by atoms with E-state index < -0.39 is 0 Å². The number of aromatic nitrogens is 1. The molecular formula is C38H32N2. The minimum Gasteiger partial charge on any atom is -0.355 e. The number of hydrogen-bond acceptors (Lipinski definition) is 1. The van der Waals surface area contributed by atoms with Gasteiger partial charge in [-0.25, -0.2) is 0 Å². The number of hydrogen-bond donors (Lipinski definition) is 1. The van der Waals surface area contributed by atoms with Gasteiger partial charge < -0.3 is 9.88 Å². The predicted octanol–water partition coefficient (Wildman–Crippen LogP) is 10.8. The van der Waals surface area contributed by atoms with Crippen LogP contribution in [0, 0.1) is 0 Å². The van der Waals surface area contributed by atoms with Crippen LogP contribution in [0.3, 0.4) is 0 Å². The van der Waals surface area contributed by atoms with E-state index in [0.29, 0.717) is 0 Å². The van der Waals surface area contributed by atoms with E-state index in [2.05, 4.69) is 164 Å². The molecule has 0 aliphatic rings. The molecule has 1 heterocycles. The van der Waals surface area contributed by atoms with E-state index in [1.54, 1.807) is 0 Å². The molecule has 7 rings (SSSR count). The second kappa shape index (κ2) is 9.43. The molecule has 0 saturated heterocycles. The fourth-order valence-corrected chi connectivity index (χ4v) is 6.07. The topological polar surface area (TPSA) is 17.0 Å². The molecule has 0 unspecified atom stereocenters. The zero-order valence-electron chi connectivity index (χ0n) is 23.1. The first-order valence-electron chi connectivity index (χ1n) is 14.0. The molecule has 0 atom stereocenters. The number of nitrogens with one attached hydrogen (secondary N) is 1. The first-order valence-corrected chi connectivity index (χ1v) is 14.0. The van der Waals surface area contributed by atoms with E-state index in [0.717, 1.165) is 11.4 Å². The fraction of sp³-hybridized carbons (Fsp3) is 0.105. The quantitative estimate of drug-likeness (QED) is 0.246. The minimum absolute atomic E-state index is 0.0237. The second-order valence-corrected chi connectivity index (χ2v) is 11.5. The summed E-state index contributed by atoms with van der Waals surface area (Å²) in [6.45, 7) is 6.84. The van der Waals surface area contributed by atoms with Gasteiger partial charge >= 0.3 is 0 Å². The first-order chi connectivity index (χ1) is 19.5. The summed E-state index contributed by atoms with van der Waals surface area (Å²) in [4.78, 5) is 0. The van der Waals surface area contributed by atoms with Gasteiger partial charge in [0.2, 0.25) is 0 Å². The van der Waals surface area contributed by atoms with Gasteiger partial charge in [-0.15, -0.1) is 0 Å². The maximum absolute atomic E-state index is 3.71. The van der Waals surface area contributed by atoms with Crippen LogP contribution < -0.4 is 5.32 Å². The average Bonchev–Trinajstić information content (AvgIpc) is 3.32. The predicted molar refractivity (Wildman–Crippen MR) is 173 cm³/mol. The zero-order chi connectivity index (χ0) is 27.3. The van der Waals surface area contributed by atoms with Crippen LogP contribution in [0.25, 0.3) is 54.8 Å². The molecular weight excluding hydrogens is 484 g/mol. The summed E-state index contributed by atoms with van der Waals surface area (Å²) in [6.07, 6.45) is 0. The normalized spacial score (nSPS) is 11.9. The maximum atomic E-state index is 3.71. The molecule has 0 spiro atoms. The van der Waals surface area contributed by atoms with Crippen molar-refractivity contribution in [1.29, 1.82) is 0 Å². The van der Waals surface area contributed by atoms with Crippen molar-refractivity contribution >= 4 is 44.0 Å². The lowest BCUT2D eigenvalue weighted by molar-refractivity contribution is 0.423. The molecule has 40 heavy (non-hydrogen) atoms. The molecule has 0 amide bonds. The van der Waals surface area contributed by atoms with Gasteiger partial charge in [-0.05, 0) is 78.6 Å². The zero-order valence-corrected chi connectivity index (χ0v) is 23.1. The number of fused-ring (bicyclic) bond motifs is 4. The molecule has 2 heteroatoms. The molecule has 7 aromatic rings. The van der Waals surface area contributed by atoms with Crippen molar-refractivity contribution < 1.29 is 0 Å². The molecule has 1 aromatic heterocycles. The summed E-state index contributed by atoms with van der Waals surface area (Å²) in [7, 11) is 0. The van der Waals surface area contributed by atoms with Crippen LogP contribution in [0.4, 0.5) is 11.4 Å². The van der Waals surface area contributed by atoms with Crippen molar-refractivity contribution in [2.75, 3.05) is 5.32 Å². The van der Waals surface area contributed by atoms with Crippen LogP contribution in [0.1, 0.15) is 20.8 Å². The maximum Gasteiger partial charge on any atom is 0.0502 e. The second-order valence-electron chi connectivity index (χ2n) is 11.5. The molecule has 0 aliphatic carbocycles. The van der Waals surface area contributed by atoms with Crippen molar-refractivity contribution in [2.45, 2.75) is 26.3 Å². The van der Waals surface area contributed by atoms with Gasteiger partial charge in [-0.2, -0.15) is 0 Å². The van der Waals surface area contributed by atoms with Gasteiger partial charge in [-0.3, -0.25) is 0 Å². The highest BCUT2D eigenvalue weighted by molar-refractivity contribution is 6.09. The van der Waals surface area contributed by atoms with Gasteiger partial charge in [0.05, 0.1) is 5.52 Å². The smallest absolute Gasteiger partial charge is 0.0502 e. The summed E-state index contributed by atoms with van der Waals surface area (Å²) in [5.74, 6) is 0. The number of benzene rings is 6. The summed E-state index contributed by atoms with van der Waals surface area (Å²) < 4.78 is 2.47. The highest BCUT2D eigenvalue weighted by Gasteiger charge is 2.20. The molecule has 6 aromatic carbocycles. The lowest BCUT2D eigenvalue weighted by Gasteiger charge is -2.24. The van der Waals surface area contributed by atoms with Crippen LogP contribution >= 0.6 is 0 Å². The molecule has 0 aliphatic heterocycles. The Bertz CT molecular complexity index is 1990. The molecule has 0 saturated carbocycles. The Morgan fingerprint density at radius 2 is 1.15 bits per heavy atom. The summed E-state index contributed by atoms with van der Waals surface area (Å²) in [5, 5.41) is 8.81. The lowest BCUT2D eigenvalue weighted by atomic mass is 9.96. The highest BCUT2D eigenvalue weighted by atomic mass is 15.0. The Labute approximate surface area is 235 Å². The van der Waals surface area contributed by atoms with Crippen LogP contribution in [-0.4, -0.2) is 4.57 Å². The van der Waals surface area contributed by atoms with Crippen molar-refractivity contribution in [1.82, 2.24) is 4.57 Å². The van der Waals surface area contributed by atoms with Gasteiger partial charge in [0, 0.05) is 38.8 Å². The fourth-order valence-electron chi connectivity index (χ4n) is 6.07. The number of para-hydroxylation sites is 1. The SMILES string of the molecule is CC(C)(C)n1c2ccccc2c2ccc(-c3ccc(Nc4ccc5ccccc5c4-c4ccccc4)cc3)cc21. The Morgan fingerprint density at radius 3 is 1.93 bits per heavy atom. The number of anilines is 2. The Balaban J connectivity index is 1.27. The van der Waals surface area contributed by atoms with Gasteiger partial charge in [0.1, 0.15) is 0 Å². The third-order valence-electron chi connectivity index (χ3n) is 7.83. The van der Waals surface area contributed by atoms with Gasteiger partial charge in [-0.1, -0.05) is 103 Å². The largest absolute Gasteiger partial charge is 0.355 e. The average molecular weight is 517 g/mol. The van der Waals surface area contributed by atoms with E-state index in [4.69, 9.17) is 0 Å². The Kier molecular flexibility index (Phi) is 5.71.